The van der Waals surface area contributed by atoms with Gasteiger partial charge < -0.3 is 5.32 Å². The molecule has 0 saturated heterocycles. The van der Waals surface area contributed by atoms with Gasteiger partial charge in [-0.25, -0.2) is 17.2 Å². The summed E-state index contributed by atoms with van der Waals surface area (Å²) < 4.78 is 54.4. The second-order valence-electron chi connectivity index (χ2n) is 6.85. The van der Waals surface area contributed by atoms with E-state index in [2.05, 4.69) is 37.2 Å². The molecule has 3 aromatic rings. The van der Waals surface area contributed by atoms with Gasteiger partial charge in [0.15, 0.2) is 9.84 Å². The Morgan fingerprint density at radius 3 is 2.41 bits per heavy atom. The van der Waals surface area contributed by atoms with E-state index in [1.807, 2.05) is 0 Å². The lowest BCUT2D eigenvalue weighted by molar-refractivity contribution is -0.112. The van der Waals surface area contributed by atoms with E-state index in [-0.39, 0.29) is 21.1 Å². The molecular weight excluding hydrogens is 588 g/mol. The molecule has 4 nitrogen and oxygen atoms in total. The van der Waals surface area contributed by atoms with Crippen LogP contribution in [0.5, 0.6) is 0 Å². The minimum atomic E-state index is -3.70. The minimum Gasteiger partial charge on any atom is -0.320 e. The summed E-state index contributed by atoms with van der Waals surface area (Å²) in [5, 5.41) is 2.65. The Labute approximate surface area is 204 Å². The van der Waals surface area contributed by atoms with Crippen LogP contribution in [0.4, 0.5) is 14.5 Å². The first-order valence-electron chi connectivity index (χ1n) is 9.10. The number of rotatable bonds is 4. The summed E-state index contributed by atoms with van der Waals surface area (Å²) in [7, 11) is -3.70. The van der Waals surface area contributed by atoms with Crippen LogP contribution in [0.25, 0.3) is 6.08 Å². The number of benzene rings is 3. The standard InChI is InChI=1S/C22H13Br2F2NO3S2/c23-16-2-1-3-17(24)15(16)11-32(29,30)14-6-7-20-19(10-14)27-22(28)21(31-20)8-12-4-5-13(25)9-18(12)26/h1-10H,11H2,(H,27,28)/b21-8-. The number of hydrogen-bond donors (Lipinski definition) is 1. The molecule has 3 aromatic carbocycles. The lowest BCUT2D eigenvalue weighted by Crippen LogP contribution is -2.18. The molecule has 10 heteroatoms. The quantitative estimate of drug-likeness (QED) is 0.345. The van der Waals surface area contributed by atoms with Gasteiger partial charge in [0.05, 0.1) is 21.2 Å². The van der Waals surface area contributed by atoms with E-state index in [1.165, 1.54) is 24.3 Å². The van der Waals surface area contributed by atoms with Crippen LogP contribution in [-0.2, 0) is 20.4 Å². The molecule has 1 amide bonds. The summed E-state index contributed by atoms with van der Waals surface area (Å²) in [4.78, 5) is 13.4. The third-order valence-corrected chi connectivity index (χ3v) is 8.87. The molecule has 0 saturated carbocycles. The summed E-state index contributed by atoms with van der Waals surface area (Å²) in [6.45, 7) is 0. The number of carbonyl (C=O) groups is 1. The Kier molecular flexibility index (Phi) is 6.58. The molecule has 1 aliphatic rings. The molecule has 4 rings (SSSR count). The molecule has 0 atom stereocenters. The predicted molar refractivity (Wildman–Crippen MR) is 128 cm³/mol. The Morgan fingerprint density at radius 1 is 1.00 bits per heavy atom. The van der Waals surface area contributed by atoms with E-state index < -0.39 is 27.4 Å². The minimum absolute atomic E-state index is 0.0665. The SMILES string of the molecule is O=C1Nc2cc(S(=O)(=O)Cc3c(Br)cccc3Br)ccc2S/C1=C\c1ccc(F)cc1F. The van der Waals surface area contributed by atoms with E-state index in [1.54, 1.807) is 24.3 Å². The first-order chi connectivity index (χ1) is 15.1. The van der Waals surface area contributed by atoms with Gasteiger partial charge in [0.1, 0.15) is 11.6 Å². The van der Waals surface area contributed by atoms with Crippen LogP contribution >= 0.6 is 43.6 Å². The summed E-state index contributed by atoms with van der Waals surface area (Å²) >= 11 is 7.83. The normalized spacial score (nSPS) is 14.9. The van der Waals surface area contributed by atoms with Gasteiger partial charge >= 0.3 is 0 Å². The van der Waals surface area contributed by atoms with E-state index in [0.717, 1.165) is 23.9 Å². The van der Waals surface area contributed by atoms with Crippen molar-refractivity contribution in [3.8, 4) is 0 Å². The van der Waals surface area contributed by atoms with Crippen LogP contribution in [-0.4, -0.2) is 14.3 Å². The number of hydrogen-bond acceptors (Lipinski definition) is 4. The molecule has 0 aromatic heterocycles. The largest absolute Gasteiger partial charge is 0.320 e. The van der Waals surface area contributed by atoms with Gasteiger partial charge in [-0.15, -0.1) is 0 Å². The van der Waals surface area contributed by atoms with E-state index in [9.17, 15) is 22.0 Å². The Balaban J connectivity index is 1.63. The number of amides is 1. The number of carbonyl (C=O) groups excluding carboxylic acids is 1. The van der Waals surface area contributed by atoms with E-state index >= 15 is 0 Å². The van der Waals surface area contributed by atoms with Gasteiger partial charge in [-0.2, -0.15) is 0 Å². The molecule has 0 spiro atoms. The van der Waals surface area contributed by atoms with Crippen molar-refractivity contribution < 1.29 is 22.0 Å². The average Bonchev–Trinajstić information content (AvgIpc) is 2.73. The van der Waals surface area contributed by atoms with Crippen molar-refractivity contribution in [1.82, 2.24) is 0 Å². The smallest absolute Gasteiger partial charge is 0.262 e. The number of nitrogens with one attached hydrogen (secondary N) is 1. The molecule has 0 aliphatic carbocycles. The summed E-state index contributed by atoms with van der Waals surface area (Å²) in [5.41, 5.74) is 1.02. The van der Waals surface area contributed by atoms with Crippen molar-refractivity contribution in [2.45, 2.75) is 15.5 Å². The molecule has 0 unspecified atom stereocenters. The molecule has 0 fully saturated rings. The second-order valence-corrected chi connectivity index (χ2v) is 11.6. The Morgan fingerprint density at radius 2 is 1.72 bits per heavy atom. The highest BCUT2D eigenvalue weighted by Gasteiger charge is 2.25. The van der Waals surface area contributed by atoms with Crippen LogP contribution in [0.15, 0.2) is 78.2 Å². The van der Waals surface area contributed by atoms with Crippen molar-refractivity contribution >= 4 is 71.1 Å². The van der Waals surface area contributed by atoms with E-state index in [0.29, 0.717) is 25.1 Å². The monoisotopic (exact) mass is 599 g/mol. The van der Waals surface area contributed by atoms with Gasteiger partial charge in [0.25, 0.3) is 5.91 Å². The van der Waals surface area contributed by atoms with Crippen LogP contribution in [0.3, 0.4) is 0 Å². The third-order valence-electron chi connectivity index (χ3n) is 4.65. The van der Waals surface area contributed by atoms with Crippen molar-refractivity contribution in [1.29, 1.82) is 0 Å². The van der Waals surface area contributed by atoms with Crippen molar-refractivity contribution in [2.75, 3.05) is 5.32 Å². The van der Waals surface area contributed by atoms with Crippen LogP contribution in [0, 0.1) is 11.6 Å². The summed E-state index contributed by atoms with van der Waals surface area (Å²) in [6, 6.07) is 12.9. The fraction of sp³-hybridized carbons (Fsp3) is 0.0455. The van der Waals surface area contributed by atoms with E-state index in [4.69, 9.17) is 0 Å². The molecule has 0 radical (unpaired) electrons. The number of thioether (sulfide) groups is 1. The maximum Gasteiger partial charge on any atom is 0.262 e. The lowest BCUT2D eigenvalue weighted by Gasteiger charge is -2.20. The molecule has 32 heavy (non-hydrogen) atoms. The van der Waals surface area contributed by atoms with Crippen molar-refractivity contribution in [3.05, 3.63) is 91.2 Å². The zero-order chi connectivity index (χ0) is 23.0. The molecular formula is C22H13Br2F2NO3S2. The van der Waals surface area contributed by atoms with Gasteiger partial charge in [-0.1, -0.05) is 49.7 Å². The fourth-order valence-corrected chi connectivity index (χ4v) is 7.04. The lowest BCUT2D eigenvalue weighted by atomic mass is 10.2. The summed E-state index contributed by atoms with van der Waals surface area (Å²) in [5.74, 6) is -2.23. The molecule has 0 bridgehead atoms. The Hall–Kier alpha value is -2.01. The van der Waals surface area contributed by atoms with Gasteiger partial charge in [-0.05, 0) is 54.1 Å². The first kappa shape index (κ1) is 23.2. The van der Waals surface area contributed by atoms with Gasteiger partial charge in [0, 0.05) is 25.5 Å². The average molecular weight is 601 g/mol. The summed E-state index contributed by atoms with van der Waals surface area (Å²) in [6.07, 6.45) is 1.33. The first-order valence-corrected chi connectivity index (χ1v) is 13.2. The van der Waals surface area contributed by atoms with Gasteiger partial charge in [0.2, 0.25) is 0 Å². The topological polar surface area (TPSA) is 63.2 Å². The number of sulfone groups is 1. The highest BCUT2D eigenvalue weighted by molar-refractivity contribution is 9.11. The maximum absolute atomic E-state index is 13.9. The van der Waals surface area contributed by atoms with Crippen molar-refractivity contribution in [3.63, 3.8) is 0 Å². The zero-order valence-electron chi connectivity index (χ0n) is 16.0. The zero-order valence-corrected chi connectivity index (χ0v) is 20.8. The second kappa shape index (κ2) is 9.09. The number of halogens is 4. The highest BCUT2D eigenvalue weighted by atomic mass is 79.9. The predicted octanol–water partition coefficient (Wildman–Crippen LogP) is 6.55. The Bertz CT molecular complexity index is 1370. The third kappa shape index (κ3) is 4.83. The molecule has 1 heterocycles. The van der Waals surface area contributed by atoms with Gasteiger partial charge in [-0.3, -0.25) is 4.79 Å². The highest BCUT2D eigenvalue weighted by Crippen LogP contribution is 2.40. The van der Waals surface area contributed by atoms with Crippen LogP contribution < -0.4 is 5.32 Å². The fourth-order valence-electron chi connectivity index (χ4n) is 3.04. The molecule has 1 N–H and O–H groups in total. The molecule has 164 valence electrons. The number of fused-ring (bicyclic) bond motifs is 1. The van der Waals surface area contributed by atoms with Crippen LogP contribution in [0.1, 0.15) is 11.1 Å². The van der Waals surface area contributed by atoms with Crippen molar-refractivity contribution in [2.24, 2.45) is 0 Å². The number of anilines is 1. The molecule has 1 aliphatic heterocycles. The van der Waals surface area contributed by atoms with Crippen LogP contribution in [0.2, 0.25) is 0 Å². The maximum atomic E-state index is 13.9.